The summed E-state index contributed by atoms with van der Waals surface area (Å²) in [4.78, 5) is 15.8. The first-order valence-electron chi connectivity index (χ1n) is 6.22. The van der Waals surface area contributed by atoms with E-state index in [-0.39, 0.29) is 19.1 Å². The van der Waals surface area contributed by atoms with Crippen molar-refractivity contribution in [3.63, 3.8) is 0 Å². The molecule has 0 aliphatic rings. The van der Waals surface area contributed by atoms with Crippen LogP contribution in [0.15, 0.2) is 12.1 Å². The first-order valence-corrected chi connectivity index (χ1v) is 6.22. The van der Waals surface area contributed by atoms with Gasteiger partial charge in [-0.25, -0.2) is 0 Å². The Balaban J connectivity index is 2.37. The molecule has 0 saturated carbocycles. The number of nitrogens with zero attached hydrogens (tertiary/aromatic N) is 1. The largest absolute Gasteiger partial charge is 0.482 e. The summed E-state index contributed by atoms with van der Waals surface area (Å²) in [6.07, 6.45) is 0.780. The Morgan fingerprint density at radius 3 is 2.95 bits per heavy atom. The first-order chi connectivity index (χ1) is 9.17. The van der Waals surface area contributed by atoms with E-state index in [1.807, 2.05) is 13.0 Å². The normalized spacial score (nSPS) is 10.3. The molecule has 1 aromatic heterocycles. The standard InChI is InChI=1S/C13H21N3O3/c1-10-4-5-12(11(8-14)16-10)19-9-13(17)15-6-3-7-18-2/h4-5H,3,6-9,14H2,1-2H3,(H,15,17). The molecule has 0 radical (unpaired) electrons. The molecule has 0 aromatic carbocycles. The molecule has 1 amide bonds. The van der Waals surface area contributed by atoms with E-state index in [2.05, 4.69) is 10.3 Å². The summed E-state index contributed by atoms with van der Waals surface area (Å²) in [6.45, 7) is 3.33. The molecular formula is C13H21N3O3. The number of hydrogen-bond acceptors (Lipinski definition) is 5. The number of carbonyl (C=O) groups is 1. The van der Waals surface area contributed by atoms with Gasteiger partial charge in [0, 0.05) is 32.5 Å². The molecule has 0 aliphatic carbocycles. The average Bonchev–Trinajstić information content (AvgIpc) is 2.42. The second-order valence-electron chi connectivity index (χ2n) is 4.09. The molecule has 0 saturated heterocycles. The van der Waals surface area contributed by atoms with Gasteiger partial charge in [-0.05, 0) is 25.5 Å². The van der Waals surface area contributed by atoms with Crippen molar-refractivity contribution in [3.8, 4) is 5.75 Å². The van der Waals surface area contributed by atoms with E-state index in [1.54, 1.807) is 13.2 Å². The molecule has 106 valence electrons. The Morgan fingerprint density at radius 2 is 2.26 bits per heavy atom. The summed E-state index contributed by atoms with van der Waals surface area (Å²) < 4.78 is 10.3. The fourth-order valence-corrected chi connectivity index (χ4v) is 1.51. The van der Waals surface area contributed by atoms with E-state index >= 15 is 0 Å². The van der Waals surface area contributed by atoms with Crippen LogP contribution >= 0.6 is 0 Å². The van der Waals surface area contributed by atoms with Gasteiger partial charge in [0.1, 0.15) is 5.75 Å². The van der Waals surface area contributed by atoms with Crippen LogP contribution in [0.3, 0.4) is 0 Å². The van der Waals surface area contributed by atoms with Gasteiger partial charge in [0.2, 0.25) is 0 Å². The van der Waals surface area contributed by atoms with Crippen LogP contribution < -0.4 is 15.8 Å². The molecule has 0 bridgehead atoms. The zero-order valence-corrected chi connectivity index (χ0v) is 11.4. The fourth-order valence-electron chi connectivity index (χ4n) is 1.51. The predicted molar refractivity (Wildman–Crippen MR) is 71.9 cm³/mol. The molecule has 3 N–H and O–H groups in total. The Labute approximate surface area is 113 Å². The number of aromatic nitrogens is 1. The SMILES string of the molecule is COCCCNC(=O)COc1ccc(C)nc1CN. The van der Waals surface area contributed by atoms with E-state index in [0.717, 1.165) is 12.1 Å². The van der Waals surface area contributed by atoms with Gasteiger partial charge in [0.15, 0.2) is 6.61 Å². The number of carbonyl (C=O) groups excluding carboxylic acids is 1. The number of pyridine rings is 1. The lowest BCUT2D eigenvalue weighted by molar-refractivity contribution is -0.123. The number of nitrogens with one attached hydrogen (secondary N) is 1. The van der Waals surface area contributed by atoms with E-state index in [9.17, 15) is 4.79 Å². The molecule has 0 spiro atoms. The molecule has 19 heavy (non-hydrogen) atoms. The Bertz CT molecular complexity index is 410. The van der Waals surface area contributed by atoms with Crippen LogP contribution in [0.25, 0.3) is 0 Å². The molecule has 0 aliphatic heterocycles. The van der Waals surface area contributed by atoms with Gasteiger partial charge < -0.3 is 20.5 Å². The van der Waals surface area contributed by atoms with Crippen LogP contribution in [-0.4, -0.2) is 37.8 Å². The molecule has 1 aromatic rings. The minimum Gasteiger partial charge on any atom is -0.482 e. The average molecular weight is 267 g/mol. The van der Waals surface area contributed by atoms with E-state index in [1.165, 1.54) is 0 Å². The maximum Gasteiger partial charge on any atom is 0.257 e. The molecular weight excluding hydrogens is 246 g/mol. The van der Waals surface area contributed by atoms with Crippen molar-refractivity contribution in [2.24, 2.45) is 5.73 Å². The third kappa shape index (κ3) is 5.67. The highest BCUT2D eigenvalue weighted by Crippen LogP contribution is 2.15. The van der Waals surface area contributed by atoms with Crippen molar-refractivity contribution in [2.45, 2.75) is 19.9 Å². The van der Waals surface area contributed by atoms with Gasteiger partial charge in [-0.2, -0.15) is 0 Å². The highest BCUT2D eigenvalue weighted by Gasteiger charge is 2.07. The van der Waals surface area contributed by atoms with Crippen molar-refractivity contribution in [1.29, 1.82) is 0 Å². The van der Waals surface area contributed by atoms with Crippen LogP contribution in [-0.2, 0) is 16.1 Å². The predicted octanol–water partition coefficient (Wildman–Crippen LogP) is 0.380. The number of hydrogen-bond donors (Lipinski definition) is 2. The molecule has 6 heteroatoms. The maximum atomic E-state index is 11.5. The second kappa shape index (κ2) is 8.44. The molecule has 0 atom stereocenters. The van der Waals surface area contributed by atoms with Crippen LogP contribution in [0.1, 0.15) is 17.8 Å². The zero-order chi connectivity index (χ0) is 14.1. The van der Waals surface area contributed by atoms with Crippen molar-refractivity contribution in [1.82, 2.24) is 10.3 Å². The van der Waals surface area contributed by atoms with Gasteiger partial charge in [-0.3, -0.25) is 9.78 Å². The first kappa shape index (κ1) is 15.4. The molecule has 0 unspecified atom stereocenters. The topological polar surface area (TPSA) is 86.5 Å². The number of amides is 1. The number of methoxy groups -OCH3 is 1. The van der Waals surface area contributed by atoms with Crippen molar-refractivity contribution in [2.75, 3.05) is 26.9 Å². The van der Waals surface area contributed by atoms with E-state index in [4.69, 9.17) is 15.2 Å². The monoisotopic (exact) mass is 267 g/mol. The van der Waals surface area contributed by atoms with Gasteiger partial charge in [0.05, 0.1) is 5.69 Å². The summed E-state index contributed by atoms with van der Waals surface area (Å²) in [5.74, 6) is 0.389. The lowest BCUT2D eigenvalue weighted by atomic mass is 10.3. The number of rotatable bonds is 8. The third-order valence-corrected chi connectivity index (χ3v) is 2.47. The van der Waals surface area contributed by atoms with Gasteiger partial charge in [0.25, 0.3) is 5.91 Å². The molecule has 0 fully saturated rings. The Hall–Kier alpha value is -1.66. The lowest BCUT2D eigenvalue weighted by Crippen LogP contribution is -2.30. The third-order valence-electron chi connectivity index (χ3n) is 2.47. The highest BCUT2D eigenvalue weighted by molar-refractivity contribution is 5.77. The maximum absolute atomic E-state index is 11.5. The van der Waals surface area contributed by atoms with Crippen LogP contribution in [0, 0.1) is 6.92 Å². The quantitative estimate of drug-likeness (QED) is 0.665. The van der Waals surface area contributed by atoms with E-state index < -0.39 is 0 Å². The molecule has 1 heterocycles. The van der Waals surface area contributed by atoms with Crippen LogP contribution in [0.4, 0.5) is 0 Å². The van der Waals surface area contributed by atoms with Crippen LogP contribution in [0.2, 0.25) is 0 Å². The van der Waals surface area contributed by atoms with Crippen molar-refractivity contribution < 1.29 is 14.3 Å². The summed E-state index contributed by atoms with van der Waals surface area (Å²) in [5.41, 5.74) is 7.11. The number of nitrogens with two attached hydrogens (primary N) is 1. The fraction of sp³-hybridized carbons (Fsp3) is 0.538. The summed E-state index contributed by atoms with van der Waals surface area (Å²) in [6, 6.07) is 3.60. The summed E-state index contributed by atoms with van der Waals surface area (Å²) in [5, 5.41) is 2.74. The van der Waals surface area contributed by atoms with E-state index in [0.29, 0.717) is 24.6 Å². The summed E-state index contributed by atoms with van der Waals surface area (Å²) in [7, 11) is 1.63. The second-order valence-corrected chi connectivity index (χ2v) is 4.09. The number of aryl methyl sites for hydroxylation is 1. The zero-order valence-electron chi connectivity index (χ0n) is 11.4. The van der Waals surface area contributed by atoms with Gasteiger partial charge in [-0.15, -0.1) is 0 Å². The molecule has 1 rings (SSSR count). The van der Waals surface area contributed by atoms with Crippen LogP contribution in [0.5, 0.6) is 5.75 Å². The minimum absolute atomic E-state index is 0.0370. The smallest absolute Gasteiger partial charge is 0.257 e. The summed E-state index contributed by atoms with van der Waals surface area (Å²) >= 11 is 0. The van der Waals surface area contributed by atoms with Crippen molar-refractivity contribution >= 4 is 5.91 Å². The molecule has 6 nitrogen and oxygen atoms in total. The minimum atomic E-state index is -0.167. The number of ether oxygens (including phenoxy) is 2. The Kier molecular flexibility index (Phi) is 6.84. The van der Waals surface area contributed by atoms with Gasteiger partial charge >= 0.3 is 0 Å². The Morgan fingerprint density at radius 1 is 1.47 bits per heavy atom. The highest BCUT2D eigenvalue weighted by atomic mass is 16.5. The van der Waals surface area contributed by atoms with Crippen molar-refractivity contribution in [3.05, 3.63) is 23.5 Å². The lowest BCUT2D eigenvalue weighted by Gasteiger charge is -2.10. The van der Waals surface area contributed by atoms with Gasteiger partial charge in [-0.1, -0.05) is 0 Å².